The van der Waals surface area contributed by atoms with E-state index in [9.17, 15) is 18.7 Å². The van der Waals surface area contributed by atoms with Crippen molar-refractivity contribution in [3.05, 3.63) is 59.2 Å². The van der Waals surface area contributed by atoms with Gasteiger partial charge in [0, 0.05) is 47.4 Å². The molecule has 194 valence electrons. The molecule has 0 bridgehead atoms. The number of aromatic nitrogens is 3. The number of nitrogens with one attached hydrogen (secondary N) is 1. The Labute approximate surface area is 211 Å². The summed E-state index contributed by atoms with van der Waals surface area (Å²) in [6.07, 6.45) is 5.12. The van der Waals surface area contributed by atoms with Crippen LogP contribution in [-0.2, 0) is 9.53 Å². The maximum Gasteiger partial charge on any atom is 0.309 e. The molecule has 2 aromatic carbocycles. The monoisotopic (exact) mass is 511 g/mol. The summed E-state index contributed by atoms with van der Waals surface area (Å²) in [7, 11) is 0. The highest BCUT2D eigenvalue weighted by Gasteiger charge is 2.41. The average Bonchev–Trinajstić information content (AvgIpc) is 3.50. The number of H-pyrrole nitrogens is 1. The minimum Gasteiger partial charge on any atom is -0.481 e. The van der Waals surface area contributed by atoms with Crippen LogP contribution in [0.3, 0.4) is 0 Å². The zero-order chi connectivity index (χ0) is 25.9. The molecule has 37 heavy (non-hydrogen) atoms. The van der Waals surface area contributed by atoms with Crippen molar-refractivity contribution in [1.82, 2.24) is 14.8 Å². The lowest BCUT2D eigenvalue weighted by atomic mass is 9.69. The number of carbonyl (C=O) groups is 1. The normalized spacial score (nSPS) is 23.2. The molecule has 4 aromatic rings. The number of nitrogens with zero attached hydrogens (tertiary/aromatic N) is 2. The predicted molar refractivity (Wildman–Crippen MR) is 133 cm³/mol. The Hall–Kier alpha value is -3.33. The summed E-state index contributed by atoms with van der Waals surface area (Å²) < 4.78 is 52.2. The number of carboxylic acids is 1. The number of fused-ring (bicyclic) bond motifs is 2. The third kappa shape index (κ3) is 3.82. The van der Waals surface area contributed by atoms with Crippen LogP contribution in [0, 0.1) is 22.9 Å². The molecule has 0 atom stereocenters. The molecule has 1 aliphatic heterocycles. The smallest absolute Gasteiger partial charge is 0.309 e. The summed E-state index contributed by atoms with van der Waals surface area (Å²) in [6.45, 7) is 2.88. The number of aromatic amines is 1. The van der Waals surface area contributed by atoms with Crippen LogP contribution < -0.4 is 0 Å². The molecule has 1 saturated carbocycles. The maximum atomic E-state index is 16.3. The Kier molecular flexibility index (Phi) is 5.78. The molecule has 3 heterocycles. The lowest BCUT2D eigenvalue weighted by Gasteiger charge is -2.35. The molecule has 0 spiro atoms. The van der Waals surface area contributed by atoms with Crippen molar-refractivity contribution in [2.75, 3.05) is 13.2 Å². The highest BCUT2D eigenvalue weighted by atomic mass is 19.2. The highest BCUT2D eigenvalue weighted by Crippen LogP contribution is 2.50. The maximum absolute atomic E-state index is 16.3. The van der Waals surface area contributed by atoms with Crippen LogP contribution in [0.1, 0.15) is 68.5 Å². The van der Waals surface area contributed by atoms with Crippen molar-refractivity contribution in [3.63, 3.8) is 0 Å². The molecule has 6 nitrogen and oxygen atoms in total. The number of aliphatic carboxylic acids is 1. The van der Waals surface area contributed by atoms with E-state index in [1.54, 1.807) is 13.1 Å². The van der Waals surface area contributed by atoms with Gasteiger partial charge >= 0.3 is 5.97 Å². The summed E-state index contributed by atoms with van der Waals surface area (Å²) in [5.74, 6) is -3.22. The number of rotatable bonds is 4. The van der Waals surface area contributed by atoms with Gasteiger partial charge in [-0.15, -0.1) is 0 Å². The van der Waals surface area contributed by atoms with Crippen LogP contribution in [0.5, 0.6) is 0 Å². The van der Waals surface area contributed by atoms with E-state index >= 15 is 4.39 Å². The molecular weight excluding hydrogens is 483 g/mol. The summed E-state index contributed by atoms with van der Waals surface area (Å²) in [4.78, 5) is 11.9. The second-order valence-corrected chi connectivity index (χ2v) is 10.7. The fraction of sp³-hybridized carbons (Fsp3) is 0.429. The molecule has 2 fully saturated rings. The Morgan fingerprint density at radius 1 is 1.08 bits per heavy atom. The Morgan fingerprint density at radius 3 is 2.49 bits per heavy atom. The van der Waals surface area contributed by atoms with E-state index in [1.165, 1.54) is 6.07 Å². The number of ether oxygens (including phenoxy) is 1. The largest absolute Gasteiger partial charge is 0.481 e. The Morgan fingerprint density at radius 2 is 1.81 bits per heavy atom. The quantitative estimate of drug-likeness (QED) is 0.325. The molecule has 1 aliphatic carbocycles. The van der Waals surface area contributed by atoms with E-state index in [1.807, 2.05) is 10.6 Å². The summed E-state index contributed by atoms with van der Waals surface area (Å²) in [6, 6.07) is 5.61. The third-order valence-corrected chi connectivity index (χ3v) is 8.47. The van der Waals surface area contributed by atoms with Crippen molar-refractivity contribution in [1.29, 1.82) is 0 Å². The van der Waals surface area contributed by atoms with Crippen molar-refractivity contribution in [3.8, 4) is 5.69 Å². The van der Waals surface area contributed by atoms with E-state index in [2.05, 4.69) is 10.2 Å². The zero-order valence-electron chi connectivity index (χ0n) is 20.5. The van der Waals surface area contributed by atoms with Gasteiger partial charge in [0.2, 0.25) is 0 Å². The molecule has 6 rings (SSSR count). The van der Waals surface area contributed by atoms with Gasteiger partial charge in [-0.1, -0.05) is 0 Å². The van der Waals surface area contributed by atoms with Gasteiger partial charge in [-0.05, 0) is 75.1 Å². The minimum atomic E-state index is -0.974. The number of hydrogen-bond donors (Lipinski definition) is 2. The number of benzene rings is 2. The molecule has 2 aromatic heterocycles. The topological polar surface area (TPSA) is 80.1 Å². The molecule has 2 N–H and O–H groups in total. The van der Waals surface area contributed by atoms with Gasteiger partial charge in [-0.25, -0.2) is 13.2 Å². The first-order valence-corrected chi connectivity index (χ1v) is 12.7. The standard InChI is InChI=1S/C28H28F3N3O3/c1-28(27(35)36)8-4-15(5-9-28)22-23-21(12-17-14-32-33-25(17)24(23)31)34(18-2-3-19(29)20(30)13-18)26(22)16-6-10-37-11-7-16/h2-3,12-16H,4-11H2,1H3,(H,32,33)(H,35,36)/t15-,28-. The summed E-state index contributed by atoms with van der Waals surface area (Å²) in [5, 5.41) is 17.6. The molecule has 1 saturated heterocycles. The average molecular weight is 512 g/mol. The number of hydrogen-bond acceptors (Lipinski definition) is 3. The molecule has 0 unspecified atom stereocenters. The molecule has 9 heteroatoms. The van der Waals surface area contributed by atoms with Crippen LogP contribution in [0.2, 0.25) is 0 Å². The zero-order valence-corrected chi connectivity index (χ0v) is 20.5. The fourth-order valence-electron chi connectivity index (χ4n) is 6.30. The second kappa shape index (κ2) is 8.90. The molecule has 2 aliphatic rings. The molecule has 0 amide bonds. The van der Waals surface area contributed by atoms with Gasteiger partial charge < -0.3 is 14.4 Å². The van der Waals surface area contributed by atoms with Gasteiger partial charge in [-0.3, -0.25) is 9.89 Å². The first-order chi connectivity index (χ1) is 17.8. The van der Waals surface area contributed by atoms with Crippen molar-refractivity contribution < 1.29 is 27.8 Å². The lowest BCUT2D eigenvalue weighted by Crippen LogP contribution is -2.32. The van der Waals surface area contributed by atoms with E-state index in [4.69, 9.17) is 4.74 Å². The fourth-order valence-corrected chi connectivity index (χ4v) is 6.30. The first kappa shape index (κ1) is 24.0. The van der Waals surface area contributed by atoms with Crippen LogP contribution in [0.4, 0.5) is 13.2 Å². The molecular formula is C28H28F3N3O3. The third-order valence-electron chi connectivity index (χ3n) is 8.47. The van der Waals surface area contributed by atoms with E-state index < -0.39 is 28.8 Å². The highest BCUT2D eigenvalue weighted by molar-refractivity contribution is 6.00. The van der Waals surface area contributed by atoms with Crippen LogP contribution >= 0.6 is 0 Å². The van der Waals surface area contributed by atoms with Gasteiger partial charge in [0.15, 0.2) is 17.5 Å². The van der Waals surface area contributed by atoms with Gasteiger partial charge in [0.1, 0.15) is 5.52 Å². The number of halogens is 3. The Balaban J connectivity index is 1.65. The van der Waals surface area contributed by atoms with Crippen LogP contribution in [-0.4, -0.2) is 39.1 Å². The van der Waals surface area contributed by atoms with E-state index in [-0.39, 0.29) is 11.8 Å². The second-order valence-electron chi connectivity index (χ2n) is 10.7. The summed E-state index contributed by atoms with van der Waals surface area (Å²) in [5.41, 5.74) is 2.19. The Bertz CT molecular complexity index is 1510. The van der Waals surface area contributed by atoms with Crippen molar-refractivity contribution in [2.45, 2.75) is 57.3 Å². The van der Waals surface area contributed by atoms with Gasteiger partial charge in [0.25, 0.3) is 0 Å². The van der Waals surface area contributed by atoms with E-state index in [0.29, 0.717) is 79.2 Å². The number of carboxylic acid groups (broad SMARTS) is 1. The van der Waals surface area contributed by atoms with Crippen molar-refractivity contribution in [2.24, 2.45) is 5.41 Å². The van der Waals surface area contributed by atoms with Crippen molar-refractivity contribution >= 4 is 27.8 Å². The first-order valence-electron chi connectivity index (χ1n) is 12.7. The van der Waals surface area contributed by atoms with Crippen LogP contribution in [0.25, 0.3) is 27.5 Å². The SMILES string of the molecule is C[C@]1(C(=O)O)CC[C@H](c2c(C3CCOCC3)n(-c3ccc(F)c(F)c3)c3cc4cn[nH]c4c(F)c32)CC1. The molecule has 0 radical (unpaired) electrons. The van der Waals surface area contributed by atoms with Gasteiger partial charge in [0.05, 0.1) is 17.1 Å². The summed E-state index contributed by atoms with van der Waals surface area (Å²) >= 11 is 0. The van der Waals surface area contributed by atoms with Crippen LogP contribution in [0.15, 0.2) is 30.5 Å². The predicted octanol–water partition coefficient (Wildman–Crippen LogP) is 6.57. The minimum absolute atomic E-state index is 0.0212. The lowest BCUT2D eigenvalue weighted by molar-refractivity contribution is -0.149. The van der Waals surface area contributed by atoms with Gasteiger partial charge in [-0.2, -0.15) is 5.10 Å². The van der Waals surface area contributed by atoms with E-state index in [0.717, 1.165) is 23.4 Å².